The zero-order valence-corrected chi connectivity index (χ0v) is 11.7. The maximum absolute atomic E-state index is 11.7. The van der Waals surface area contributed by atoms with E-state index in [4.69, 9.17) is 4.74 Å². The Morgan fingerprint density at radius 1 is 1.53 bits per heavy atom. The molecule has 1 saturated heterocycles. The first-order valence-electron chi connectivity index (χ1n) is 6.46. The van der Waals surface area contributed by atoms with Crippen molar-refractivity contribution in [1.29, 1.82) is 0 Å². The fourth-order valence-corrected chi connectivity index (χ4v) is 2.02. The van der Waals surface area contributed by atoms with Gasteiger partial charge in [0.15, 0.2) is 0 Å². The minimum absolute atomic E-state index is 0.168. The van der Waals surface area contributed by atoms with E-state index in [1.165, 1.54) is 12.8 Å². The van der Waals surface area contributed by atoms with Gasteiger partial charge in [-0.25, -0.2) is 0 Å². The number of esters is 1. The van der Waals surface area contributed by atoms with Gasteiger partial charge in [-0.05, 0) is 54.1 Å². The monoisotopic (exact) mass is 242 g/mol. The minimum atomic E-state index is -0.406. The van der Waals surface area contributed by atoms with Crippen molar-refractivity contribution in [2.75, 3.05) is 20.1 Å². The summed E-state index contributed by atoms with van der Waals surface area (Å²) in [6, 6.07) is 0.322. The van der Waals surface area contributed by atoms with Crippen LogP contribution in [0.2, 0.25) is 0 Å². The summed E-state index contributed by atoms with van der Waals surface area (Å²) in [5.41, 5.74) is -0.406. The van der Waals surface area contributed by atoms with Crippen molar-refractivity contribution in [3.63, 3.8) is 0 Å². The maximum Gasteiger partial charge on any atom is 0.323 e. The smallest absolute Gasteiger partial charge is 0.323 e. The Hall–Kier alpha value is -0.610. The minimum Gasteiger partial charge on any atom is -0.459 e. The lowest BCUT2D eigenvalue weighted by atomic mass is 10.2. The molecule has 4 heteroatoms. The van der Waals surface area contributed by atoms with Crippen molar-refractivity contribution in [2.24, 2.45) is 0 Å². The van der Waals surface area contributed by atoms with Crippen LogP contribution in [-0.4, -0.2) is 48.7 Å². The van der Waals surface area contributed by atoms with Gasteiger partial charge in [-0.2, -0.15) is 0 Å². The van der Waals surface area contributed by atoms with Crippen LogP contribution in [-0.2, 0) is 9.53 Å². The quantitative estimate of drug-likeness (QED) is 0.757. The van der Waals surface area contributed by atoms with E-state index in [1.807, 2.05) is 27.7 Å². The highest BCUT2D eigenvalue weighted by Crippen LogP contribution is 2.14. The average Bonchev–Trinajstić information content (AvgIpc) is 2.57. The summed E-state index contributed by atoms with van der Waals surface area (Å²) < 4.78 is 5.33. The van der Waals surface area contributed by atoms with Gasteiger partial charge >= 0.3 is 5.97 Å². The van der Waals surface area contributed by atoms with Crippen LogP contribution >= 0.6 is 0 Å². The number of nitrogens with one attached hydrogen (secondary N) is 1. The molecule has 0 aromatic rings. The third-order valence-corrected chi connectivity index (χ3v) is 3.09. The van der Waals surface area contributed by atoms with Crippen molar-refractivity contribution in [1.82, 2.24) is 10.2 Å². The van der Waals surface area contributed by atoms with E-state index in [0.717, 1.165) is 13.1 Å². The molecule has 1 aliphatic rings. The Balaban J connectivity index is 2.29. The van der Waals surface area contributed by atoms with E-state index < -0.39 is 5.60 Å². The predicted molar refractivity (Wildman–Crippen MR) is 69.0 cm³/mol. The molecule has 17 heavy (non-hydrogen) atoms. The average molecular weight is 242 g/mol. The number of rotatable bonds is 4. The molecular formula is C13H26N2O2. The highest BCUT2D eigenvalue weighted by atomic mass is 16.6. The molecular weight excluding hydrogens is 216 g/mol. The fourth-order valence-electron chi connectivity index (χ4n) is 2.02. The second kappa shape index (κ2) is 5.83. The van der Waals surface area contributed by atoms with Gasteiger partial charge < -0.3 is 15.0 Å². The van der Waals surface area contributed by atoms with E-state index in [-0.39, 0.29) is 12.0 Å². The van der Waals surface area contributed by atoms with E-state index >= 15 is 0 Å². The molecule has 1 aliphatic heterocycles. The van der Waals surface area contributed by atoms with Gasteiger partial charge in [-0.1, -0.05) is 0 Å². The van der Waals surface area contributed by atoms with Crippen LogP contribution in [0.5, 0.6) is 0 Å². The summed E-state index contributed by atoms with van der Waals surface area (Å²) in [4.78, 5) is 14.1. The van der Waals surface area contributed by atoms with Gasteiger partial charge in [0, 0.05) is 12.6 Å². The number of carbonyl (C=O) groups is 1. The second-order valence-corrected chi connectivity index (χ2v) is 5.94. The molecule has 0 spiro atoms. The highest BCUT2D eigenvalue weighted by molar-refractivity contribution is 5.75. The Morgan fingerprint density at radius 2 is 2.18 bits per heavy atom. The lowest BCUT2D eigenvalue weighted by molar-refractivity contribution is -0.157. The Morgan fingerprint density at radius 3 is 2.65 bits per heavy atom. The third-order valence-electron chi connectivity index (χ3n) is 3.09. The summed E-state index contributed by atoms with van der Waals surface area (Å²) >= 11 is 0. The van der Waals surface area contributed by atoms with Crippen molar-refractivity contribution in [3.8, 4) is 0 Å². The highest BCUT2D eigenvalue weighted by Gasteiger charge is 2.24. The van der Waals surface area contributed by atoms with Gasteiger partial charge in [0.2, 0.25) is 0 Å². The van der Waals surface area contributed by atoms with Gasteiger partial charge in [0.05, 0.1) is 0 Å². The van der Waals surface area contributed by atoms with Gasteiger partial charge in [-0.15, -0.1) is 0 Å². The topological polar surface area (TPSA) is 41.6 Å². The third kappa shape index (κ3) is 5.04. The van der Waals surface area contributed by atoms with Gasteiger partial charge in [0.25, 0.3) is 0 Å². The molecule has 2 unspecified atom stereocenters. The Bertz CT molecular complexity index is 261. The van der Waals surface area contributed by atoms with Crippen LogP contribution in [0.15, 0.2) is 0 Å². The van der Waals surface area contributed by atoms with Crippen LogP contribution < -0.4 is 5.32 Å². The van der Waals surface area contributed by atoms with Crippen LogP contribution in [0.25, 0.3) is 0 Å². The maximum atomic E-state index is 11.7. The number of hydrogen-bond donors (Lipinski definition) is 1. The molecule has 0 aliphatic carbocycles. The number of ether oxygens (including phenoxy) is 1. The lowest BCUT2D eigenvalue weighted by Gasteiger charge is -2.25. The first-order valence-corrected chi connectivity index (χ1v) is 6.46. The normalized spacial score (nSPS) is 23.7. The molecule has 0 aromatic carbocycles. The van der Waals surface area contributed by atoms with Crippen LogP contribution in [0.1, 0.15) is 40.5 Å². The molecule has 0 aromatic heterocycles. The van der Waals surface area contributed by atoms with E-state index in [2.05, 4.69) is 17.3 Å². The predicted octanol–water partition coefficient (Wildman–Crippen LogP) is 1.40. The van der Waals surface area contributed by atoms with E-state index in [1.54, 1.807) is 0 Å². The SMILES string of the molecule is CC(NCC1CCCN1C)C(=O)OC(C)(C)C. The van der Waals surface area contributed by atoms with Crippen molar-refractivity contribution in [2.45, 2.75) is 58.2 Å². The zero-order valence-electron chi connectivity index (χ0n) is 11.7. The molecule has 4 nitrogen and oxygen atoms in total. The first kappa shape index (κ1) is 14.5. The van der Waals surface area contributed by atoms with Crippen LogP contribution in [0.3, 0.4) is 0 Å². The Labute approximate surface area is 105 Å². The molecule has 0 amide bonds. The van der Waals surface area contributed by atoms with Crippen LogP contribution in [0, 0.1) is 0 Å². The molecule has 0 radical (unpaired) electrons. The second-order valence-electron chi connectivity index (χ2n) is 5.94. The summed E-state index contributed by atoms with van der Waals surface area (Å²) in [5.74, 6) is -0.168. The summed E-state index contributed by atoms with van der Waals surface area (Å²) in [5, 5.41) is 3.26. The van der Waals surface area contributed by atoms with E-state index in [9.17, 15) is 4.79 Å². The molecule has 1 heterocycles. The molecule has 0 saturated carbocycles. The summed E-state index contributed by atoms with van der Waals surface area (Å²) in [6.45, 7) is 9.56. The largest absolute Gasteiger partial charge is 0.459 e. The zero-order chi connectivity index (χ0) is 13.1. The Kier molecular flexibility index (Phi) is 4.95. The molecule has 2 atom stereocenters. The number of likely N-dealkylation sites (N-methyl/N-ethyl adjacent to an activating group) is 1. The van der Waals surface area contributed by atoms with Crippen LogP contribution in [0.4, 0.5) is 0 Å². The lowest BCUT2D eigenvalue weighted by Crippen LogP contribution is -2.44. The van der Waals surface area contributed by atoms with Gasteiger partial charge in [-0.3, -0.25) is 4.79 Å². The van der Waals surface area contributed by atoms with Crippen molar-refractivity contribution >= 4 is 5.97 Å². The molecule has 1 N–H and O–H groups in total. The molecule has 1 fully saturated rings. The first-order chi connectivity index (χ1) is 7.79. The molecule has 100 valence electrons. The number of nitrogens with zero attached hydrogens (tertiary/aromatic N) is 1. The molecule has 1 rings (SSSR count). The fraction of sp³-hybridized carbons (Fsp3) is 0.923. The number of carbonyl (C=O) groups excluding carboxylic acids is 1. The van der Waals surface area contributed by atoms with Crippen molar-refractivity contribution < 1.29 is 9.53 Å². The van der Waals surface area contributed by atoms with E-state index in [0.29, 0.717) is 6.04 Å². The summed E-state index contributed by atoms with van der Waals surface area (Å²) in [6.07, 6.45) is 2.47. The van der Waals surface area contributed by atoms with Gasteiger partial charge in [0.1, 0.15) is 11.6 Å². The standard InChI is InChI=1S/C13H26N2O2/c1-10(12(16)17-13(2,3)4)14-9-11-7-6-8-15(11)5/h10-11,14H,6-9H2,1-5H3. The molecule has 0 bridgehead atoms. The number of likely N-dealkylation sites (tertiary alicyclic amines) is 1. The number of hydrogen-bond acceptors (Lipinski definition) is 4. The van der Waals surface area contributed by atoms with Crippen molar-refractivity contribution in [3.05, 3.63) is 0 Å². The summed E-state index contributed by atoms with van der Waals surface area (Å²) in [7, 11) is 2.14.